The highest BCUT2D eigenvalue weighted by atomic mass is 31.2. The minimum atomic E-state index is -4.68. The Labute approximate surface area is 128 Å². The highest BCUT2D eigenvalue weighted by molar-refractivity contribution is 7.46. The molecule has 0 saturated heterocycles. The van der Waals surface area contributed by atoms with Crippen LogP contribution in [0.3, 0.4) is 0 Å². The van der Waals surface area contributed by atoms with Gasteiger partial charge in [0.2, 0.25) is 0 Å². The van der Waals surface area contributed by atoms with E-state index in [0.29, 0.717) is 16.3 Å². The van der Waals surface area contributed by atoms with Gasteiger partial charge >= 0.3 is 7.82 Å². The van der Waals surface area contributed by atoms with Crippen molar-refractivity contribution >= 4 is 18.6 Å². The molecule has 0 aliphatic heterocycles. The smallest absolute Gasteiger partial charge is 0.404 e. The molecule has 0 aliphatic carbocycles. The molecule has 2 aromatic carbocycles. The summed E-state index contributed by atoms with van der Waals surface area (Å²) >= 11 is 0. The zero-order valence-electron chi connectivity index (χ0n) is 12.4. The van der Waals surface area contributed by atoms with E-state index >= 15 is 0 Å². The van der Waals surface area contributed by atoms with E-state index in [2.05, 4.69) is 10.4 Å². The first-order valence-electron chi connectivity index (χ1n) is 6.51. The summed E-state index contributed by atoms with van der Waals surface area (Å²) in [6.07, 6.45) is 5.42. The van der Waals surface area contributed by atoms with Crippen LogP contribution in [0, 0.1) is 18.2 Å². The van der Waals surface area contributed by atoms with Gasteiger partial charge < -0.3 is 4.52 Å². The molecular formula is C16H16FO4P. The summed E-state index contributed by atoms with van der Waals surface area (Å²) in [4.78, 5) is 18.0. The molecule has 0 heterocycles. The molecular weight excluding hydrogens is 306 g/mol. The van der Waals surface area contributed by atoms with Crippen LogP contribution >= 0.6 is 7.82 Å². The van der Waals surface area contributed by atoms with Crippen molar-refractivity contribution in [3.8, 4) is 18.1 Å². The fourth-order valence-corrected chi connectivity index (χ4v) is 2.72. The number of terminal acetylenes is 1. The molecule has 0 aliphatic rings. The van der Waals surface area contributed by atoms with E-state index in [4.69, 9.17) is 16.2 Å². The van der Waals surface area contributed by atoms with Gasteiger partial charge in [-0.25, -0.2) is 8.96 Å². The highest BCUT2D eigenvalue weighted by Crippen LogP contribution is 2.42. The van der Waals surface area contributed by atoms with Crippen molar-refractivity contribution in [1.29, 1.82) is 0 Å². The maximum atomic E-state index is 14.0. The Kier molecular flexibility index (Phi) is 4.06. The van der Waals surface area contributed by atoms with Gasteiger partial charge in [-0.1, -0.05) is 32.8 Å². The van der Waals surface area contributed by atoms with Crippen molar-refractivity contribution in [2.24, 2.45) is 0 Å². The monoisotopic (exact) mass is 322 g/mol. The first kappa shape index (κ1) is 16.5. The summed E-state index contributed by atoms with van der Waals surface area (Å²) < 4.78 is 29.7. The van der Waals surface area contributed by atoms with Crippen LogP contribution in [0.1, 0.15) is 31.9 Å². The Bertz CT molecular complexity index is 825. The van der Waals surface area contributed by atoms with Gasteiger partial charge in [0, 0.05) is 5.39 Å². The molecule has 22 heavy (non-hydrogen) atoms. The van der Waals surface area contributed by atoms with Gasteiger partial charge in [-0.15, -0.1) is 6.42 Å². The van der Waals surface area contributed by atoms with Gasteiger partial charge in [-0.3, -0.25) is 9.79 Å². The topological polar surface area (TPSA) is 66.8 Å². The third kappa shape index (κ3) is 3.31. The molecule has 0 spiro atoms. The number of fused-ring (bicyclic) bond motifs is 1. The van der Waals surface area contributed by atoms with Crippen molar-refractivity contribution < 1.29 is 23.3 Å². The number of phosphoric ester groups is 1. The quantitative estimate of drug-likeness (QED) is 0.653. The minimum Gasteiger partial charge on any atom is -0.404 e. The molecule has 4 nitrogen and oxygen atoms in total. The Morgan fingerprint density at radius 3 is 2.41 bits per heavy atom. The molecule has 0 saturated carbocycles. The van der Waals surface area contributed by atoms with E-state index in [-0.39, 0.29) is 11.3 Å². The van der Waals surface area contributed by atoms with Gasteiger partial charge in [-0.2, -0.15) is 0 Å². The second-order valence-corrected chi connectivity index (χ2v) is 7.13. The second kappa shape index (κ2) is 5.40. The summed E-state index contributed by atoms with van der Waals surface area (Å²) in [6.45, 7) is 5.69. The molecule has 0 fully saturated rings. The summed E-state index contributed by atoms with van der Waals surface area (Å²) in [6, 6.07) is 5.66. The molecule has 0 radical (unpaired) electrons. The molecule has 0 amide bonds. The van der Waals surface area contributed by atoms with Gasteiger partial charge in [0.15, 0.2) is 0 Å². The molecule has 2 aromatic rings. The fraction of sp³-hybridized carbons (Fsp3) is 0.250. The molecule has 0 bridgehead atoms. The average molecular weight is 322 g/mol. The van der Waals surface area contributed by atoms with Gasteiger partial charge in [0.05, 0.1) is 5.56 Å². The summed E-state index contributed by atoms with van der Waals surface area (Å²) in [5.74, 6) is 1.85. The van der Waals surface area contributed by atoms with Crippen molar-refractivity contribution in [3.05, 3.63) is 41.2 Å². The van der Waals surface area contributed by atoms with Gasteiger partial charge in [0.1, 0.15) is 11.6 Å². The average Bonchev–Trinajstić information content (AvgIpc) is 2.35. The van der Waals surface area contributed by atoms with Crippen molar-refractivity contribution in [3.63, 3.8) is 0 Å². The fourth-order valence-electron chi connectivity index (χ4n) is 2.34. The predicted molar refractivity (Wildman–Crippen MR) is 83.2 cm³/mol. The lowest BCUT2D eigenvalue weighted by atomic mass is 9.82. The van der Waals surface area contributed by atoms with Crippen LogP contribution in [0.5, 0.6) is 5.75 Å². The van der Waals surface area contributed by atoms with Crippen LogP contribution in [0.25, 0.3) is 10.8 Å². The lowest BCUT2D eigenvalue weighted by Crippen LogP contribution is -2.13. The lowest BCUT2D eigenvalue weighted by molar-refractivity contribution is 0.283. The zero-order chi connectivity index (χ0) is 16.7. The number of hydrogen-bond acceptors (Lipinski definition) is 2. The van der Waals surface area contributed by atoms with Crippen LogP contribution in [0.2, 0.25) is 0 Å². The van der Waals surface area contributed by atoms with Gasteiger partial charge in [0.25, 0.3) is 0 Å². The van der Waals surface area contributed by atoms with Crippen molar-refractivity contribution in [2.75, 3.05) is 0 Å². The van der Waals surface area contributed by atoms with Crippen LogP contribution in [-0.4, -0.2) is 9.79 Å². The van der Waals surface area contributed by atoms with Crippen LogP contribution in [0.15, 0.2) is 24.3 Å². The molecule has 0 unspecified atom stereocenters. The highest BCUT2D eigenvalue weighted by Gasteiger charge is 2.24. The lowest BCUT2D eigenvalue weighted by Gasteiger charge is -2.23. The molecule has 2 rings (SSSR count). The van der Waals surface area contributed by atoms with E-state index in [9.17, 15) is 8.96 Å². The maximum absolute atomic E-state index is 14.0. The third-order valence-electron chi connectivity index (χ3n) is 3.22. The Morgan fingerprint density at radius 2 is 1.91 bits per heavy atom. The van der Waals surface area contributed by atoms with Crippen molar-refractivity contribution in [1.82, 2.24) is 0 Å². The number of phosphoric acid groups is 1. The van der Waals surface area contributed by atoms with E-state index in [0.717, 1.165) is 0 Å². The Morgan fingerprint density at radius 1 is 1.27 bits per heavy atom. The molecule has 2 N–H and O–H groups in total. The van der Waals surface area contributed by atoms with Crippen LogP contribution < -0.4 is 4.52 Å². The molecule has 0 atom stereocenters. The second-order valence-electron chi connectivity index (χ2n) is 5.97. The predicted octanol–water partition coefficient (Wildman–Crippen LogP) is 3.73. The van der Waals surface area contributed by atoms with Crippen LogP contribution in [-0.2, 0) is 9.98 Å². The minimum absolute atomic E-state index is 0.0142. The summed E-state index contributed by atoms with van der Waals surface area (Å²) in [5.41, 5.74) is 0.359. The zero-order valence-corrected chi connectivity index (χ0v) is 13.3. The molecule has 116 valence electrons. The number of halogens is 1. The first-order chi connectivity index (χ1) is 10.0. The normalized spacial score (nSPS) is 12.2. The van der Waals surface area contributed by atoms with Crippen LogP contribution in [0.4, 0.5) is 4.39 Å². The van der Waals surface area contributed by atoms with E-state index in [1.54, 1.807) is 0 Å². The third-order valence-corrected chi connectivity index (χ3v) is 3.67. The number of rotatable bonds is 2. The maximum Gasteiger partial charge on any atom is 0.524 e. The molecule has 6 heteroatoms. The van der Waals surface area contributed by atoms with E-state index in [1.807, 2.05) is 20.8 Å². The largest absolute Gasteiger partial charge is 0.524 e. The summed E-state index contributed by atoms with van der Waals surface area (Å²) in [7, 11) is -4.68. The Balaban J connectivity index is 2.87. The first-order valence-corrected chi connectivity index (χ1v) is 8.04. The van der Waals surface area contributed by atoms with Crippen molar-refractivity contribution in [2.45, 2.75) is 26.2 Å². The molecule has 0 aromatic heterocycles. The SMILES string of the molecule is C#Cc1c(F)ccc2cc(OP(=O)(O)O)cc(C(C)(C)C)c12. The van der Waals surface area contributed by atoms with E-state index in [1.165, 1.54) is 24.3 Å². The summed E-state index contributed by atoms with van der Waals surface area (Å²) in [5, 5.41) is 1.11. The standard InChI is InChI=1S/C16H16FO4P/c1-5-12-14(17)7-6-10-8-11(21-22(18,19)20)9-13(15(10)12)16(2,3)4/h1,6-9H,2-4H3,(H2,18,19,20). The van der Waals surface area contributed by atoms with Gasteiger partial charge in [-0.05, 0) is 34.6 Å². The Hall–Kier alpha value is -1.86. The number of hydrogen-bond donors (Lipinski definition) is 2. The number of benzene rings is 2. The van der Waals surface area contributed by atoms with E-state index < -0.39 is 19.1 Å².